The van der Waals surface area contributed by atoms with E-state index < -0.39 is 5.54 Å². The van der Waals surface area contributed by atoms with E-state index in [4.69, 9.17) is 10.5 Å². The maximum atomic E-state index is 6.22. The van der Waals surface area contributed by atoms with E-state index in [1.807, 2.05) is 13.8 Å². The standard InChI is InChI=1S/C13H21NO/c1-5-15-9-13(4,14)12-7-6-10(2)11(3)8-12/h6-8H,5,9,14H2,1-4H3. The lowest BCUT2D eigenvalue weighted by Crippen LogP contribution is -2.38. The molecular formula is C13H21NO. The minimum absolute atomic E-state index is 0.394. The molecule has 0 radical (unpaired) electrons. The van der Waals surface area contributed by atoms with Crippen LogP contribution in [0.25, 0.3) is 0 Å². The molecule has 2 heteroatoms. The molecule has 0 aliphatic rings. The van der Waals surface area contributed by atoms with Gasteiger partial charge in [0.05, 0.1) is 12.1 Å². The normalized spacial score (nSPS) is 15.0. The molecule has 1 unspecified atom stereocenters. The van der Waals surface area contributed by atoms with Crippen LogP contribution in [0.1, 0.15) is 30.5 Å². The molecule has 0 fully saturated rings. The molecule has 2 N–H and O–H groups in total. The molecule has 0 aliphatic heterocycles. The first kappa shape index (κ1) is 12.2. The molecule has 0 bridgehead atoms. The zero-order valence-corrected chi connectivity index (χ0v) is 10.1. The number of benzene rings is 1. The molecule has 0 heterocycles. The maximum Gasteiger partial charge on any atom is 0.0685 e. The lowest BCUT2D eigenvalue weighted by atomic mass is 9.91. The van der Waals surface area contributed by atoms with Crippen molar-refractivity contribution in [2.24, 2.45) is 5.73 Å². The zero-order valence-electron chi connectivity index (χ0n) is 10.1. The molecule has 1 aromatic carbocycles. The van der Waals surface area contributed by atoms with Crippen LogP contribution in [0, 0.1) is 13.8 Å². The second-order valence-corrected chi connectivity index (χ2v) is 4.35. The summed E-state index contributed by atoms with van der Waals surface area (Å²) in [4.78, 5) is 0. The Labute approximate surface area is 92.4 Å². The summed E-state index contributed by atoms with van der Waals surface area (Å²) in [6.07, 6.45) is 0. The van der Waals surface area contributed by atoms with Crippen molar-refractivity contribution in [3.63, 3.8) is 0 Å². The summed E-state index contributed by atoms with van der Waals surface area (Å²) >= 11 is 0. The quantitative estimate of drug-likeness (QED) is 0.823. The Bertz CT molecular complexity index is 331. The molecule has 0 saturated carbocycles. The summed E-state index contributed by atoms with van der Waals surface area (Å²) in [6.45, 7) is 9.47. The fraction of sp³-hybridized carbons (Fsp3) is 0.538. The van der Waals surface area contributed by atoms with Crippen LogP contribution in [-0.4, -0.2) is 13.2 Å². The van der Waals surface area contributed by atoms with Gasteiger partial charge in [0.25, 0.3) is 0 Å². The van der Waals surface area contributed by atoms with Crippen LogP contribution < -0.4 is 5.73 Å². The number of nitrogens with two attached hydrogens (primary N) is 1. The number of aryl methyl sites for hydroxylation is 2. The number of hydrogen-bond donors (Lipinski definition) is 1. The largest absolute Gasteiger partial charge is 0.379 e. The monoisotopic (exact) mass is 207 g/mol. The summed E-state index contributed by atoms with van der Waals surface area (Å²) < 4.78 is 5.40. The van der Waals surface area contributed by atoms with Crippen LogP contribution in [0.4, 0.5) is 0 Å². The van der Waals surface area contributed by atoms with Crippen molar-refractivity contribution in [3.05, 3.63) is 34.9 Å². The number of ether oxygens (including phenoxy) is 1. The van der Waals surface area contributed by atoms with E-state index in [0.29, 0.717) is 13.2 Å². The average molecular weight is 207 g/mol. The molecule has 1 atom stereocenters. The average Bonchev–Trinajstić information content (AvgIpc) is 2.19. The summed E-state index contributed by atoms with van der Waals surface area (Å²) in [5, 5.41) is 0. The van der Waals surface area contributed by atoms with Gasteiger partial charge < -0.3 is 10.5 Å². The maximum absolute atomic E-state index is 6.22. The molecule has 0 spiro atoms. The summed E-state index contributed by atoms with van der Waals surface area (Å²) in [5.74, 6) is 0. The molecular weight excluding hydrogens is 186 g/mol. The lowest BCUT2D eigenvalue weighted by molar-refractivity contribution is 0.101. The van der Waals surface area contributed by atoms with E-state index in [1.165, 1.54) is 11.1 Å². The first-order valence-corrected chi connectivity index (χ1v) is 5.41. The fourth-order valence-corrected chi connectivity index (χ4v) is 1.49. The van der Waals surface area contributed by atoms with E-state index >= 15 is 0 Å². The Kier molecular flexibility index (Phi) is 3.89. The third-order valence-electron chi connectivity index (χ3n) is 2.77. The van der Waals surface area contributed by atoms with Gasteiger partial charge in [-0.25, -0.2) is 0 Å². The van der Waals surface area contributed by atoms with E-state index in [0.717, 1.165) is 5.56 Å². The van der Waals surface area contributed by atoms with Crippen LogP contribution in [0.3, 0.4) is 0 Å². The van der Waals surface area contributed by atoms with E-state index in [2.05, 4.69) is 32.0 Å². The first-order valence-electron chi connectivity index (χ1n) is 5.41. The van der Waals surface area contributed by atoms with Gasteiger partial charge in [-0.1, -0.05) is 18.2 Å². The highest BCUT2D eigenvalue weighted by molar-refractivity contribution is 5.33. The second kappa shape index (κ2) is 4.77. The molecule has 1 rings (SSSR count). The van der Waals surface area contributed by atoms with Crippen molar-refractivity contribution < 1.29 is 4.74 Å². The van der Waals surface area contributed by atoms with Gasteiger partial charge in [0.2, 0.25) is 0 Å². The van der Waals surface area contributed by atoms with Gasteiger partial charge >= 0.3 is 0 Å². The second-order valence-electron chi connectivity index (χ2n) is 4.35. The first-order chi connectivity index (χ1) is 6.97. The van der Waals surface area contributed by atoms with Gasteiger partial charge in [0.1, 0.15) is 0 Å². The molecule has 0 aromatic heterocycles. The van der Waals surface area contributed by atoms with Gasteiger partial charge in [0, 0.05) is 6.61 Å². The third-order valence-corrected chi connectivity index (χ3v) is 2.77. The summed E-state index contributed by atoms with van der Waals surface area (Å²) in [6, 6.07) is 6.34. The van der Waals surface area contributed by atoms with E-state index in [1.54, 1.807) is 0 Å². The van der Waals surface area contributed by atoms with Crippen LogP contribution in [0.2, 0.25) is 0 Å². The third kappa shape index (κ3) is 3.05. The van der Waals surface area contributed by atoms with Crippen LogP contribution in [0.5, 0.6) is 0 Å². The van der Waals surface area contributed by atoms with Crippen molar-refractivity contribution in [1.82, 2.24) is 0 Å². The topological polar surface area (TPSA) is 35.2 Å². The smallest absolute Gasteiger partial charge is 0.0685 e. The van der Waals surface area contributed by atoms with Gasteiger partial charge in [-0.2, -0.15) is 0 Å². The lowest BCUT2D eigenvalue weighted by Gasteiger charge is -2.25. The molecule has 1 aromatic rings. The minimum Gasteiger partial charge on any atom is -0.379 e. The van der Waals surface area contributed by atoms with Crippen LogP contribution in [0.15, 0.2) is 18.2 Å². The Balaban J connectivity index is 2.89. The summed E-state index contributed by atoms with van der Waals surface area (Å²) in [7, 11) is 0. The predicted molar refractivity (Wildman–Crippen MR) is 63.9 cm³/mol. The molecule has 2 nitrogen and oxygen atoms in total. The Morgan fingerprint density at radius 2 is 1.93 bits per heavy atom. The van der Waals surface area contributed by atoms with Crippen LogP contribution >= 0.6 is 0 Å². The molecule has 0 aliphatic carbocycles. The van der Waals surface area contributed by atoms with Gasteiger partial charge in [-0.05, 0) is 44.4 Å². The highest BCUT2D eigenvalue weighted by Gasteiger charge is 2.21. The molecule has 0 amide bonds. The number of hydrogen-bond acceptors (Lipinski definition) is 2. The Hall–Kier alpha value is -0.860. The molecule has 0 saturated heterocycles. The highest BCUT2D eigenvalue weighted by Crippen LogP contribution is 2.20. The van der Waals surface area contributed by atoms with E-state index in [-0.39, 0.29) is 0 Å². The number of rotatable bonds is 4. The zero-order chi connectivity index (χ0) is 11.5. The fourth-order valence-electron chi connectivity index (χ4n) is 1.49. The van der Waals surface area contributed by atoms with Gasteiger partial charge in [-0.3, -0.25) is 0 Å². The van der Waals surface area contributed by atoms with Crippen molar-refractivity contribution >= 4 is 0 Å². The molecule has 84 valence electrons. The van der Waals surface area contributed by atoms with Crippen molar-refractivity contribution in [2.75, 3.05) is 13.2 Å². The summed E-state index contributed by atoms with van der Waals surface area (Å²) in [5.41, 5.74) is 9.54. The predicted octanol–water partition coefficient (Wildman–Crippen LogP) is 2.51. The molecule has 15 heavy (non-hydrogen) atoms. The minimum atomic E-state index is -0.394. The SMILES string of the molecule is CCOCC(C)(N)c1ccc(C)c(C)c1. The van der Waals surface area contributed by atoms with Crippen molar-refractivity contribution in [1.29, 1.82) is 0 Å². The Morgan fingerprint density at radius 3 is 2.47 bits per heavy atom. The van der Waals surface area contributed by atoms with E-state index in [9.17, 15) is 0 Å². The van der Waals surface area contributed by atoms with Crippen molar-refractivity contribution in [2.45, 2.75) is 33.2 Å². The van der Waals surface area contributed by atoms with Gasteiger partial charge in [0.15, 0.2) is 0 Å². The highest BCUT2D eigenvalue weighted by atomic mass is 16.5. The van der Waals surface area contributed by atoms with Crippen LogP contribution in [-0.2, 0) is 10.3 Å². The Morgan fingerprint density at radius 1 is 1.27 bits per heavy atom. The van der Waals surface area contributed by atoms with Gasteiger partial charge in [-0.15, -0.1) is 0 Å². The van der Waals surface area contributed by atoms with Crippen molar-refractivity contribution in [3.8, 4) is 0 Å².